The van der Waals surface area contributed by atoms with Crippen molar-refractivity contribution >= 4 is 17.9 Å². The van der Waals surface area contributed by atoms with Gasteiger partial charge in [0.15, 0.2) is 0 Å². The minimum Gasteiger partial charge on any atom is -0.355 e. The van der Waals surface area contributed by atoms with E-state index in [1.807, 2.05) is 50.4 Å². The summed E-state index contributed by atoms with van der Waals surface area (Å²) in [5.41, 5.74) is 1.77. The Morgan fingerprint density at radius 2 is 2.00 bits per heavy atom. The molecule has 1 aromatic heterocycles. The Bertz CT molecular complexity index is 707. The summed E-state index contributed by atoms with van der Waals surface area (Å²) in [4.78, 5) is 25.3. The number of likely N-dealkylation sites (N-methyl/N-ethyl adjacent to an activating group) is 2. The number of nitrogens with one attached hydrogen (secondary N) is 1. The van der Waals surface area contributed by atoms with Gasteiger partial charge in [-0.2, -0.15) is 5.10 Å². The average molecular weight is 326 g/mol. The lowest BCUT2D eigenvalue weighted by molar-refractivity contribution is -0.132. The van der Waals surface area contributed by atoms with Crippen molar-refractivity contribution in [2.75, 3.05) is 19.6 Å². The van der Waals surface area contributed by atoms with Gasteiger partial charge < -0.3 is 10.2 Å². The summed E-state index contributed by atoms with van der Waals surface area (Å²) in [5.74, 6) is -0.353. The van der Waals surface area contributed by atoms with Gasteiger partial charge in [-0.25, -0.2) is 4.68 Å². The Morgan fingerprint density at radius 3 is 2.67 bits per heavy atom. The molecule has 2 rings (SSSR count). The van der Waals surface area contributed by atoms with Gasteiger partial charge in [0.1, 0.15) is 0 Å². The van der Waals surface area contributed by atoms with E-state index in [4.69, 9.17) is 0 Å². The van der Waals surface area contributed by atoms with Crippen LogP contribution in [-0.2, 0) is 9.59 Å². The number of hydrogen-bond donors (Lipinski definition) is 1. The summed E-state index contributed by atoms with van der Waals surface area (Å²) < 4.78 is 1.75. The van der Waals surface area contributed by atoms with Crippen molar-refractivity contribution in [2.24, 2.45) is 0 Å². The summed E-state index contributed by atoms with van der Waals surface area (Å²) in [7, 11) is 0. The molecule has 0 saturated heterocycles. The Balaban J connectivity index is 2.00. The van der Waals surface area contributed by atoms with E-state index in [-0.39, 0.29) is 18.4 Å². The van der Waals surface area contributed by atoms with E-state index < -0.39 is 0 Å². The summed E-state index contributed by atoms with van der Waals surface area (Å²) in [6, 6.07) is 9.74. The molecular weight excluding hydrogens is 304 g/mol. The molecule has 0 aliphatic heterocycles. The van der Waals surface area contributed by atoms with Crippen molar-refractivity contribution < 1.29 is 9.59 Å². The lowest BCUT2D eigenvalue weighted by atomic mass is 10.3. The topological polar surface area (TPSA) is 67.2 Å². The molecule has 126 valence electrons. The first kappa shape index (κ1) is 17.5. The highest BCUT2D eigenvalue weighted by Crippen LogP contribution is 2.09. The van der Waals surface area contributed by atoms with Gasteiger partial charge in [0.25, 0.3) is 0 Å². The zero-order valence-electron chi connectivity index (χ0n) is 14.0. The fourth-order valence-electron chi connectivity index (χ4n) is 2.19. The summed E-state index contributed by atoms with van der Waals surface area (Å²) in [5, 5.41) is 6.97. The SMILES string of the molecule is CCNC(=O)CN(CC)C(=O)/C=C/c1cnn(-c2ccccc2)c1. The van der Waals surface area contributed by atoms with Crippen LogP contribution in [0.15, 0.2) is 48.8 Å². The molecule has 0 aliphatic carbocycles. The highest BCUT2D eigenvalue weighted by atomic mass is 16.2. The van der Waals surface area contributed by atoms with E-state index in [1.165, 1.54) is 11.0 Å². The van der Waals surface area contributed by atoms with Crippen LogP contribution in [0, 0.1) is 0 Å². The minimum atomic E-state index is -0.198. The van der Waals surface area contributed by atoms with E-state index in [2.05, 4.69) is 10.4 Å². The predicted molar refractivity (Wildman–Crippen MR) is 93.5 cm³/mol. The third kappa shape index (κ3) is 4.81. The Hall–Kier alpha value is -2.89. The largest absolute Gasteiger partial charge is 0.355 e. The molecule has 1 N–H and O–H groups in total. The molecule has 0 unspecified atom stereocenters. The molecule has 0 atom stereocenters. The molecule has 2 amide bonds. The first-order valence-electron chi connectivity index (χ1n) is 7.97. The molecule has 0 radical (unpaired) electrons. The number of nitrogens with zero attached hydrogens (tertiary/aromatic N) is 3. The van der Waals surface area contributed by atoms with Crippen LogP contribution < -0.4 is 5.32 Å². The zero-order valence-corrected chi connectivity index (χ0v) is 14.0. The van der Waals surface area contributed by atoms with Gasteiger partial charge in [0.2, 0.25) is 11.8 Å². The second kappa shape index (κ2) is 8.67. The van der Waals surface area contributed by atoms with Crippen LogP contribution in [-0.4, -0.2) is 46.1 Å². The first-order chi connectivity index (χ1) is 11.6. The van der Waals surface area contributed by atoms with Crippen LogP contribution in [0.5, 0.6) is 0 Å². The van der Waals surface area contributed by atoms with E-state index in [1.54, 1.807) is 17.0 Å². The van der Waals surface area contributed by atoms with Gasteiger partial charge in [-0.1, -0.05) is 18.2 Å². The normalized spacial score (nSPS) is 10.8. The highest BCUT2D eigenvalue weighted by molar-refractivity contribution is 5.94. The Kier molecular flexibility index (Phi) is 6.31. The maximum atomic E-state index is 12.2. The zero-order chi connectivity index (χ0) is 17.4. The van der Waals surface area contributed by atoms with Crippen molar-refractivity contribution in [3.8, 4) is 5.69 Å². The van der Waals surface area contributed by atoms with Gasteiger partial charge in [-0.3, -0.25) is 9.59 Å². The van der Waals surface area contributed by atoms with Gasteiger partial charge in [0.05, 0.1) is 18.4 Å². The molecule has 6 nitrogen and oxygen atoms in total. The maximum absolute atomic E-state index is 12.2. The molecule has 1 aromatic carbocycles. The van der Waals surface area contributed by atoms with Crippen LogP contribution in [0.1, 0.15) is 19.4 Å². The first-order valence-corrected chi connectivity index (χ1v) is 7.97. The third-order valence-electron chi connectivity index (χ3n) is 3.44. The minimum absolute atomic E-state index is 0.0663. The van der Waals surface area contributed by atoms with Crippen LogP contribution >= 0.6 is 0 Å². The number of rotatable bonds is 7. The van der Waals surface area contributed by atoms with Crippen molar-refractivity contribution in [3.63, 3.8) is 0 Å². The number of carbonyl (C=O) groups excluding carboxylic acids is 2. The number of aromatic nitrogens is 2. The summed E-state index contributed by atoms with van der Waals surface area (Å²) in [6.45, 7) is 4.79. The average Bonchev–Trinajstić information content (AvgIpc) is 3.07. The standard InChI is InChI=1S/C18H22N4O2/c1-3-19-17(23)14-21(4-2)18(24)11-10-15-12-20-22(13-15)16-8-6-5-7-9-16/h5-13H,3-4,14H2,1-2H3,(H,19,23)/b11-10+. The molecule has 0 bridgehead atoms. The third-order valence-corrected chi connectivity index (χ3v) is 3.44. The fraction of sp³-hybridized carbons (Fsp3) is 0.278. The van der Waals surface area contributed by atoms with Crippen molar-refractivity contribution in [3.05, 3.63) is 54.4 Å². The summed E-state index contributed by atoms with van der Waals surface area (Å²) in [6.07, 6.45) is 6.71. The predicted octanol–water partition coefficient (Wildman–Crippen LogP) is 1.87. The second-order valence-corrected chi connectivity index (χ2v) is 5.19. The van der Waals surface area contributed by atoms with Crippen LogP contribution in [0.4, 0.5) is 0 Å². The highest BCUT2D eigenvalue weighted by Gasteiger charge is 2.12. The Labute approximate surface area is 141 Å². The number of hydrogen-bond acceptors (Lipinski definition) is 3. The molecule has 24 heavy (non-hydrogen) atoms. The maximum Gasteiger partial charge on any atom is 0.247 e. The molecule has 0 fully saturated rings. The van der Waals surface area contributed by atoms with E-state index in [9.17, 15) is 9.59 Å². The van der Waals surface area contributed by atoms with Crippen LogP contribution in [0.2, 0.25) is 0 Å². The van der Waals surface area contributed by atoms with E-state index >= 15 is 0 Å². The van der Waals surface area contributed by atoms with Gasteiger partial charge >= 0.3 is 0 Å². The van der Waals surface area contributed by atoms with Gasteiger partial charge in [-0.05, 0) is 32.1 Å². The van der Waals surface area contributed by atoms with Crippen molar-refractivity contribution in [2.45, 2.75) is 13.8 Å². The number of para-hydroxylation sites is 1. The van der Waals surface area contributed by atoms with Crippen LogP contribution in [0.25, 0.3) is 11.8 Å². The second-order valence-electron chi connectivity index (χ2n) is 5.19. The van der Waals surface area contributed by atoms with Crippen LogP contribution in [0.3, 0.4) is 0 Å². The Morgan fingerprint density at radius 1 is 1.25 bits per heavy atom. The van der Waals surface area contributed by atoms with Gasteiger partial charge in [0, 0.05) is 30.9 Å². The van der Waals surface area contributed by atoms with Gasteiger partial charge in [-0.15, -0.1) is 0 Å². The molecule has 0 spiro atoms. The van der Waals surface area contributed by atoms with Crippen molar-refractivity contribution in [1.82, 2.24) is 20.0 Å². The molecule has 1 heterocycles. The smallest absolute Gasteiger partial charge is 0.247 e. The molecular formula is C18H22N4O2. The van der Waals surface area contributed by atoms with E-state index in [0.717, 1.165) is 11.3 Å². The molecule has 0 aliphatic rings. The number of carbonyl (C=O) groups is 2. The monoisotopic (exact) mass is 326 g/mol. The summed E-state index contributed by atoms with van der Waals surface area (Å²) >= 11 is 0. The number of amides is 2. The molecule has 6 heteroatoms. The number of benzene rings is 1. The quantitative estimate of drug-likeness (QED) is 0.790. The van der Waals surface area contributed by atoms with Crippen molar-refractivity contribution in [1.29, 1.82) is 0 Å². The lowest BCUT2D eigenvalue weighted by Gasteiger charge is -2.18. The fourth-order valence-corrected chi connectivity index (χ4v) is 2.19. The molecule has 2 aromatic rings. The van der Waals surface area contributed by atoms with E-state index in [0.29, 0.717) is 13.1 Å². The molecule has 0 saturated carbocycles. The lowest BCUT2D eigenvalue weighted by Crippen LogP contribution is -2.39.